The molecule has 0 radical (unpaired) electrons. The molecule has 3 aromatic carbocycles. The lowest BCUT2D eigenvalue weighted by Gasteiger charge is -2.55. The molecular formula is C40H37NO5. The van der Waals surface area contributed by atoms with Crippen molar-refractivity contribution in [2.45, 2.75) is 62.3 Å². The highest BCUT2D eigenvalue weighted by Crippen LogP contribution is 2.63. The van der Waals surface area contributed by atoms with Crippen molar-refractivity contribution in [1.82, 2.24) is 4.90 Å². The minimum absolute atomic E-state index is 0.0618. The number of fused-ring (bicyclic) bond motifs is 4. The van der Waals surface area contributed by atoms with Crippen LogP contribution in [-0.2, 0) is 24.6 Å². The number of amides is 2. The molecule has 2 amide bonds. The maximum absolute atomic E-state index is 15.0. The number of phenols is 1. The van der Waals surface area contributed by atoms with Gasteiger partial charge in [0.1, 0.15) is 5.75 Å². The number of carbonyl (C=O) groups is 4. The monoisotopic (exact) mass is 611 g/mol. The average molecular weight is 612 g/mol. The number of Topliss-reactive ketones (excluding diaryl/α,β-unsaturated/α-hetero) is 1. The summed E-state index contributed by atoms with van der Waals surface area (Å²) in [6.07, 6.45) is 9.22. The summed E-state index contributed by atoms with van der Waals surface area (Å²) in [5.74, 6) is -3.02. The van der Waals surface area contributed by atoms with Crippen LogP contribution in [0, 0.1) is 23.7 Å². The molecule has 1 aliphatic heterocycles. The van der Waals surface area contributed by atoms with Gasteiger partial charge in [0.05, 0.1) is 17.3 Å². The zero-order chi connectivity index (χ0) is 31.6. The number of carbonyl (C=O) groups excluding carboxylic acids is 4. The van der Waals surface area contributed by atoms with Crippen molar-refractivity contribution in [3.63, 3.8) is 0 Å². The number of ketones is 2. The molecule has 6 unspecified atom stereocenters. The number of hydrogen-bond acceptors (Lipinski definition) is 5. The number of hydrogen-bond donors (Lipinski definition) is 1. The lowest BCUT2D eigenvalue weighted by Crippen LogP contribution is -2.58. The fraction of sp³-hybridized carbons (Fsp3) is 0.350. The Balaban J connectivity index is 1.34. The quantitative estimate of drug-likeness (QED) is 0.267. The molecule has 8 rings (SSSR count). The van der Waals surface area contributed by atoms with Crippen LogP contribution in [0.2, 0.25) is 0 Å². The van der Waals surface area contributed by atoms with Gasteiger partial charge in [0.2, 0.25) is 11.8 Å². The largest absolute Gasteiger partial charge is 0.508 e. The van der Waals surface area contributed by atoms with Gasteiger partial charge >= 0.3 is 0 Å². The molecule has 1 N–H and O–H groups in total. The van der Waals surface area contributed by atoms with Crippen LogP contribution in [0.4, 0.5) is 0 Å². The van der Waals surface area contributed by atoms with Crippen molar-refractivity contribution in [2.75, 3.05) is 0 Å². The third kappa shape index (κ3) is 4.15. The van der Waals surface area contributed by atoms with E-state index in [4.69, 9.17) is 0 Å². The summed E-state index contributed by atoms with van der Waals surface area (Å²) >= 11 is 0. The van der Waals surface area contributed by atoms with Gasteiger partial charge in [-0.25, -0.2) is 0 Å². The van der Waals surface area contributed by atoms with Crippen molar-refractivity contribution >= 4 is 29.0 Å². The van der Waals surface area contributed by atoms with Crippen LogP contribution >= 0.6 is 0 Å². The zero-order valence-corrected chi connectivity index (χ0v) is 25.7. The summed E-state index contributed by atoms with van der Waals surface area (Å²) in [5.41, 5.74) is 2.36. The number of rotatable bonds is 4. The summed E-state index contributed by atoms with van der Waals surface area (Å²) in [5, 5.41) is 10.3. The third-order valence-electron chi connectivity index (χ3n) is 11.6. The van der Waals surface area contributed by atoms with Crippen molar-refractivity contribution in [3.8, 4) is 5.75 Å². The number of benzene rings is 3. The number of likely N-dealkylation sites (tertiary alicyclic amines) is 1. The first kappa shape index (κ1) is 28.9. The van der Waals surface area contributed by atoms with Crippen molar-refractivity contribution in [3.05, 3.63) is 119 Å². The second kappa shape index (κ2) is 11.0. The molecule has 3 aromatic rings. The maximum Gasteiger partial charge on any atom is 0.233 e. The van der Waals surface area contributed by atoms with Crippen LogP contribution in [0.15, 0.2) is 103 Å². The van der Waals surface area contributed by atoms with E-state index in [1.807, 2.05) is 72.8 Å². The molecule has 1 heterocycles. The van der Waals surface area contributed by atoms with E-state index in [0.717, 1.165) is 48.8 Å². The molecule has 0 bridgehead atoms. The minimum Gasteiger partial charge on any atom is -0.508 e. The molecule has 6 nitrogen and oxygen atoms in total. The van der Waals surface area contributed by atoms with Crippen LogP contribution in [-0.4, -0.2) is 39.4 Å². The van der Waals surface area contributed by atoms with Crippen LogP contribution in [0.1, 0.15) is 67.6 Å². The first-order valence-electron chi connectivity index (χ1n) is 16.7. The van der Waals surface area contributed by atoms with Gasteiger partial charge in [0.15, 0.2) is 11.6 Å². The number of imide groups is 1. The highest BCUT2D eigenvalue weighted by Gasteiger charge is 2.66. The second-order valence-corrected chi connectivity index (χ2v) is 13.7. The van der Waals surface area contributed by atoms with E-state index in [2.05, 4.69) is 6.08 Å². The van der Waals surface area contributed by atoms with E-state index >= 15 is 0 Å². The highest BCUT2D eigenvalue weighted by atomic mass is 16.3. The molecule has 2 saturated carbocycles. The minimum atomic E-state index is -1.25. The van der Waals surface area contributed by atoms with E-state index in [1.54, 1.807) is 17.0 Å². The molecule has 1 saturated heterocycles. The van der Waals surface area contributed by atoms with Gasteiger partial charge in [-0.2, -0.15) is 0 Å². The Labute approximate surface area is 268 Å². The maximum atomic E-state index is 15.0. The second-order valence-electron chi connectivity index (χ2n) is 13.7. The normalized spacial score (nSPS) is 31.1. The van der Waals surface area contributed by atoms with Crippen molar-refractivity contribution in [1.29, 1.82) is 0 Å². The lowest BCUT2D eigenvalue weighted by molar-refractivity contribution is -0.144. The van der Waals surface area contributed by atoms with Crippen LogP contribution in [0.3, 0.4) is 0 Å². The number of nitrogens with zero attached hydrogens (tertiary/aromatic N) is 1. The third-order valence-corrected chi connectivity index (χ3v) is 11.6. The van der Waals surface area contributed by atoms with E-state index < -0.39 is 29.1 Å². The van der Waals surface area contributed by atoms with Gasteiger partial charge in [0.25, 0.3) is 0 Å². The molecule has 46 heavy (non-hydrogen) atoms. The zero-order valence-electron chi connectivity index (χ0n) is 25.7. The molecule has 4 aliphatic carbocycles. The molecule has 0 spiro atoms. The first-order chi connectivity index (χ1) is 22.4. The summed E-state index contributed by atoms with van der Waals surface area (Å²) in [6.45, 7) is 0. The summed E-state index contributed by atoms with van der Waals surface area (Å²) in [6, 6.07) is 25.8. The molecule has 6 heteroatoms. The van der Waals surface area contributed by atoms with Crippen LogP contribution in [0.25, 0.3) is 5.57 Å². The van der Waals surface area contributed by atoms with Gasteiger partial charge in [-0.3, -0.25) is 24.1 Å². The molecule has 6 atom stereocenters. The fourth-order valence-corrected chi connectivity index (χ4v) is 9.64. The number of allylic oxidation sites excluding steroid dienone is 4. The Morgan fingerprint density at radius 1 is 0.739 bits per heavy atom. The van der Waals surface area contributed by atoms with E-state index in [1.165, 1.54) is 6.08 Å². The predicted molar refractivity (Wildman–Crippen MR) is 173 cm³/mol. The van der Waals surface area contributed by atoms with Gasteiger partial charge in [-0.05, 0) is 66.5 Å². The Bertz CT molecular complexity index is 1790. The Morgan fingerprint density at radius 2 is 1.41 bits per heavy atom. The summed E-state index contributed by atoms with van der Waals surface area (Å²) in [4.78, 5) is 59.8. The molecule has 232 valence electrons. The standard InChI is InChI=1S/C40H37NO5/c42-28-18-16-25(17-19-28)36-29-20-21-30-35(39(46)41(38(30)45)27-14-8-3-9-15-27)32(29)22-33-37(44)31(24-10-4-1-5-11-24)23-34(43)40(33,36)26-12-6-2-7-13-26/h1-2,4-7,10-13,16-20,23,27,30,32-33,35-36,42H,3,8-9,14-15,21-22H2. The highest BCUT2D eigenvalue weighted by molar-refractivity contribution is 6.31. The van der Waals surface area contributed by atoms with E-state index in [9.17, 15) is 24.3 Å². The fourth-order valence-electron chi connectivity index (χ4n) is 9.64. The van der Waals surface area contributed by atoms with E-state index in [-0.39, 0.29) is 41.1 Å². The molecular weight excluding hydrogens is 574 g/mol. The number of phenolic OH excluding ortho intramolecular Hbond substituents is 1. The Morgan fingerprint density at radius 3 is 2.11 bits per heavy atom. The SMILES string of the molecule is O=C1C(c2ccccc2)=CC(=O)C2(c3ccccc3)C1CC1C(=CCC3C(=O)N(C4CCCCC4)C(=O)C31)C2c1ccc(O)cc1. The Kier molecular flexibility index (Phi) is 6.93. The molecule has 3 fully saturated rings. The lowest BCUT2D eigenvalue weighted by atomic mass is 9.44. The summed E-state index contributed by atoms with van der Waals surface area (Å²) in [7, 11) is 0. The molecule has 0 aromatic heterocycles. The van der Waals surface area contributed by atoms with Crippen LogP contribution in [0.5, 0.6) is 5.75 Å². The van der Waals surface area contributed by atoms with E-state index in [0.29, 0.717) is 24.0 Å². The van der Waals surface area contributed by atoms with Crippen LogP contribution < -0.4 is 0 Å². The average Bonchev–Trinajstić information content (AvgIpc) is 3.36. The Hall–Kier alpha value is -4.58. The smallest absolute Gasteiger partial charge is 0.233 e. The van der Waals surface area contributed by atoms with Gasteiger partial charge in [-0.15, -0.1) is 0 Å². The topological polar surface area (TPSA) is 91.8 Å². The summed E-state index contributed by atoms with van der Waals surface area (Å²) < 4.78 is 0. The van der Waals surface area contributed by atoms with Crippen molar-refractivity contribution in [2.24, 2.45) is 23.7 Å². The predicted octanol–water partition coefficient (Wildman–Crippen LogP) is 6.55. The van der Waals surface area contributed by atoms with Gasteiger partial charge in [-0.1, -0.05) is 104 Å². The number of aromatic hydroxyl groups is 1. The van der Waals surface area contributed by atoms with Crippen molar-refractivity contribution < 1.29 is 24.3 Å². The van der Waals surface area contributed by atoms with Gasteiger partial charge < -0.3 is 5.11 Å². The van der Waals surface area contributed by atoms with Gasteiger partial charge in [0, 0.05) is 23.5 Å². The molecule has 5 aliphatic rings. The first-order valence-corrected chi connectivity index (χ1v) is 16.7.